The van der Waals surface area contributed by atoms with Crippen LogP contribution in [0.4, 0.5) is 0 Å². The van der Waals surface area contributed by atoms with Crippen molar-refractivity contribution in [3.63, 3.8) is 0 Å². The standard InChI is InChI=1S/C15H14O4/c1-2-10-6-8-11(9-7-10)19-13-5-3-4-12(14(13)16)15(17)18/h3-9,16H,2H2,1H3,(H,17,18). The largest absolute Gasteiger partial charge is 0.504 e. The van der Waals surface area contributed by atoms with E-state index in [4.69, 9.17) is 9.84 Å². The molecular formula is C15H14O4. The van der Waals surface area contributed by atoms with Crippen molar-refractivity contribution in [2.24, 2.45) is 0 Å². The molecule has 0 aromatic heterocycles. The minimum absolute atomic E-state index is 0.129. The van der Waals surface area contributed by atoms with Gasteiger partial charge in [-0.15, -0.1) is 0 Å². The van der Waals surface area contributed by atoms with Crippen LogP contribution in [-0.4, -0.2) is 16.2 Å². The van der Waals surface area contributed by atoms with E-state index < -0.39 is 5.97 Å². The molecule has 0 amide bonds. The van der Waals surface area contributed by atoms with Gasteiger partial charge in [0.1, 0.15) is 11.3 Å². The molecule has 0 saturated heterocycles. The van der Waals surface area contributed by atoms with E-state index in [1.165, 1.54) is 23.8 Å². The third-order valence-corrected chi connectivity index (χ3v) is 2.79. The number of rotatable bonds is 4. The summed E-state index contributed by atoms with van der Waals surface area (Å²) < 4.78 is 5.49. The molecule has 2 aromatic carbocycles. The summed E-state index contributed by atoms with van der Waals surface area (Å²) in [5.41, 5.74) is 0.999. The molecule has 0 bridgehead atoms. The molecule has 0 radical (unpaired) electrons. The average Bonchev–Trinajstić information content (AvgIpc) is 2.41. The monoisotopic (exact) mass is 258 g/mol. The molecule has 0 unspecified atom stereocenters. The van der Waals surface area contributed by atoms with Crippen LogP contribution in [0.3, 0.4) is 0 Å². The highest BCUT2D eigenvalue weighted by Gasteiger charge is 2.14. The van der Waals surface area contributed by atoms with E-state index in [-0.39, 0.29) is 17.1 Å². The van der Waals surface area contributed by atoms with Gasteiger partial charge in [-0.2, -0.15) is 0 Å². The first-order valence-electron chi connectivity index (χ1n) is 5.94. The van der Waals surface area contributed by atoms with Crippen LogP contribution < -0.4 is 4.74 Å². The summed E-state index contributed by atoms with van der Waals surface area (Å²) in [7, 11) is 0. The molecule has 0 aliphatic carbocycles. The molecule has 4 heteroatoms. The normalized spacial score (nSPS) is 10.2. The van der Waals surface area contributed by atoms with Gasteiger partial charge in [0, 0.05) is 0 Å². The summed E-state index contributed by atoms with van der Waals surface area (Å²) in [5.74, 6) is -0.877. The Bertz CT molecular complexity index is 588. The second-order valence-corrected chi connectivity index (χ2v) is 4.06. The molecule has 0 heterocycles. The second-order valence-electron chi connectivity index (χ2n) is 4.06. The highest BCUT2D eigenvalue weighted by Crippen LogP contribution is 2.33. The van der Waals surface area contributed by atoms with Gasteiger partial charge >= 0.3 is 5.97 Å². The fraction of sp³-hybridized carbons (Fsp3) is 0.133. The van der Waals surface area contributed by atoms with Crippen molar-refractivity contribution in [3.8, 4) is 17.2 Å². The summed E-state index contributed by atoms with van der Waals surface area (Å²) in [5, 5.41) is 18.7. The molecule has 2 N–H and O–H groups in total. The van der Waals surface area contributed by atoms with Crippen molar-refractivity contribution in [2.45, 2.75) is 13.3 Å². The summed E-state index contributed by atoms with van der Waals surface area (Å²) in [6.07, 6.45) is 0.931. The first-order valence-corrected chi connectivity index (χ1v) is 5.94. The zero-order valence-corrected chi connectivity index (χ0v) is 10.5. The number of carboxylic acids is 1. The molecule has 0 aliphatic rings. The molecule has 0 aliphatic heterocycles. The molecule has 19 heavy (non-hydrogen) atoms. The molecule has 0 fully saturated rings. The highest BCUT2D eigenvalue weighted by molar-refractivity contribution is 5.91. The van der Waals surface area contributed by atoms with Crippen molar-refractivity contribution in [2.75, 3.05) is 0 Å². The van der Waals surface area contributed by atoms with Crippen LogP contribution in [0.5, 0.6) is 17.2 Å². The number of para-hydroxylation sites is 1. The summed E-state index contributed by atoms with van der Waals surface area (Å²) in [6.45, 7) is 2.05. The third-order valence-electron chi connectivity index (χ3n) is 2.79. The van der Waals surface area contributed by atoms with E-state index in [0.717, 1.165) is 6.42 Å². The maximum Gasteiger partial charge on any atom is 0.339 e. The number of phenols is 1. The van der Waals surface area contributed by atoms with E-state index in [9.17, 15) is 9.90 Å². The molecule has 98 valence electrons. The second kappa shape index (κ2) is 5.44. The summed E-state index contributed by atoms with van der Waals surface area (Å²) >= 11 is 0. The lowest BCUT2D eigenvalue weighted by Crippen LogP contribution is -1.97. The van der Waals surface area contributed by atoms with Crippen LogP contribution >= 0.6 is 0 Å². The molecule has 0 saturated carbocycles. The van der Waals surface area contributed by atoms with Gasteiger partial charge in [-0.05, 0) is 36.2 Å². The van der Waals surface area contributed by atoms with Crippen LogP contribution in [0.1, 0.15) is 22.8 Å². The number of aromatic hydroxyl groups is 1. The predicted molar refractivity (Wildman–Crippen MR) is 71.0 cm³/mol. The van der Waals surface area contributed by atoms with E-state index in [0.29, 0.717) is 5.75 Å². The van der Waals surface area contributed by atoms with E-state index in [1.807, 2.05) is 12.1 Å². The average molecular weight is 258 g/mol. The lowest BCUT2D eigenvalue weighted by atomic mass is 10.1. The number of ether oxygens (including phenoxy) is 1. The lowest BCUT2D eigenvalue weighted by molar-refractivity contribution is 0.0693. The fourth-order valence-electron chi connectivity index (χ4n) is 1.70. The summed E-state index contributed by atoms with van der Waals surface area (Å²) in [4.78, 5) is 10.9. The third kappa shape index (κ3) is 2.85. The smallest absolute Gasteiger partial charge is 0.339 e. The van der Waals surface area contributed by atoms with Gasteiger partial charge in [0.25, 0.3) is 0 Å². The van der Waals surface area contributed by atoms with Gasteiger partial charge in [0.15, 0.2) is 11.5 Å². The number of hydrogen-bond donors (Lipinski definition) is 2. The van der Waals surface area contributed by atoms with Gasteiger partial charge in [-0.25, -0.2) is 4.79 Å². The molecule has 2 rings (SSSR count). The minimum Gasteiger partial charge on any atom is -0.504 e. The quantitative estimate of drug-likeness (QED) is 0.881. The van der Waals surface area contributed by atoms with Gasteiger partial charge in [0.05, 0.1) is 0 Å². The van der Waals surface area contributed by atoms with Gasteiger partial charge < -0.3 is 14.9 Å². The minimum atomic E-state index is -1.19. The predicted octanol–water partition coefficient (Wildman–Crippen LogP) is 3.45. The number of aromatic carboxylic acids is 1. The van der Waals surface area contributed by atoms with Crippen LogP contribution in [-0.2, 0) is 6.42 Å². The fourth-order valence-corrected chi connectivity index (χ4v) is 1.70. The Labute approximate surface area is 110 Å². The Kier molecular flexibility index (Phi) is 3.71. The number of benzene rings is 2. The van der Waals surface area contributed by atoms with E-state index >= 15 is 0 Å². The molecule has 0 atom stereocenters. The Balaban J connectivity index is 2.27. The van der Waals surface area contributed by atoms with Crippen molar-refractivity contribution in [3.05, 3.63) is 53.6 Å². The number of aryl methyl sites for hydroxylation is 1. The van der Waals surface area contributed by atoms with Crippen LogP contribution in [0.25, 0.3) is 0 Å². The zero-order valence-electron chi connectivity index (χ0n) is 10.5. The Hall–Kier alpha value is -2.49. The SMILES string of the molecule is CCc1ccc(Oc2cccc(C(=O)O)c2O)cc1. The maximum absolute atomic E-state index is 10.9. The van der Waals surface area contributed by atoms with Crippen molar-refractivity contribution >= 4 is 5.97 Å². The van der Waals surface area contributed by atoms with Crippen molar-refractivity contribution < 1.29 is 19.7 Å². The molecule has 2 aromatic rings. The van der Waals surface area contributed by atoms with Crippen LogP contribution in [0.2, 0.25) is 0 Å². The first-order chi connectivity index (χ1) is 9.11. The van der Waals surface area contributed by atoms with Crippen LogP contribution in [0.15, 0.2) is 42.5 Å². The lowest BCUT2D eigenvalue weighted by Gasteiger charge is -2.09. The zero-order chi connectivity index (χ0) is 13.8. The molecular weight excluding hydrogens is 244 g/mol. The van der Waals surface area contributed by atoms with E-state index in [1.54, 1.807) is 12.1 Å². The topological polar surface area (TPSA) is 66.8 Å². The van der Waals surface area contributed by atoms with Gasteiger partial charge in [0.2, 0.25) is 0 Å². The Morgan fingerprint density at radius 1 is 1.16 bits per heavy atom. The molecule has 0 spiro atoms. The Morgan fingerprint density at radius 3 is 2.42 bits per heavy atom. The van der Waals surface area contributed by atoms with E-state index in [2.05, 4.69) is 6.92 Å². The Morgan fingerprint density at radius 2 is 1.84 bits per heavy atom. The molecule has 4 nitrogen and oxygen atoms in total. The summed E-state index contributed by atoms with van der Waals surface area (Å²) in [6, 6.07) is 11.8. The van der Waals surface area contributed by atoms with Crippen molar-refractivity contribution in [1.82, 2.24) is 0 Å². The maximum atomic E-state index is 10.9. The van der Waals surface area contributed by atoms with Crippen molar-refractivity contribution in [1.29, 1.82) is 0 Å². The van der Waals surface area contributed by atoms with Gasteiger partial charge in [-0.3, -0.25) is 0 Å². The van der Waals surface area contributed by atoms with Crippen LogP contribution in [0, 0.1) is 0 Å². The first kappa shape index (κ1) is 13.0. The van der Waals surface area contributed by atoms with Gasteiger partial charge in [-0.1, -0.05) is 25.1 Å². The number of hydrogen-bond acceptors (Lipinski definition) is 3. The number of carbonyl (C=O) groups is 1. The number of carboxylic acid groups (broad SMARTS) is 1. The highest BCUT2D eigenvalue weighted by atomic mass is 16.5.